The van der Waals surface area contributed by atoms with Crippen molar-refractivity contribution in [1.29, 1.82) is 0 Å². The van der Waals surface area contributed by atoms with E-state index in [0.29, 0.717) is 24.0 Å². The fraction of sp³-hybridized carbons (Fsp3) is 0.621. The van der Waals surface area contributed by atoms with Gasteiger partial charge in [0.25, 0.3) is 0 Å². The third kappa shape index (κ3) is 20.6. The highest BCUT2D eigenvalue weighted by atomic mass is 16.2. The summed E-state index contributed by atoms with van der Waals surface area (Å²) in [6.45, 7) is 1.10. The van der Waals surface area contributed by atoms with E-state index in [1.807, 2.05) is 0 Å². The molecule has 26 heteroatoms. The number of hydrogen-bond donors (Lipinski definition) is 14. The molecule has 84 heavy (non-hydrogen) atoms. The summed E-state index contributed by atoms with van der Waals surface area (Å²) in [5.41, 5.74) is 36.9. The van der Waals surface area contributed by atoms with Crippen LogP contribution in [0.2, 0.25) is 0 Å². The van der Waals surface area contributed by atoms with Gasteiger partial charge < -0.3 is 86.7 Å². The SMILES string of the molecule is NCCC[C@@H]1NC(=O)[C@H](CCCN)NC(=O)[C@@H]2CCCN2C(=O)[C@@H](Cc2ccccc2)NC(=O)[C@H](CCCN)NC(=O)[C@H](CCCN)NC(=O)[C@H](CCCN)NC(=O)[C@@H]2CCCN2C(=O)[C@@H](Cc2ccccc2)NC(=O)[C@H](CCCN)NC1=O. The Hall–Kier alpha value is -7.10. The number of fused-ring (bicyclic) bond motifs is 2. The Labute approximate surface area is 492 Å². The van der Waals surface area contributed by atoms with E-state index in [1.165, 1.54) is 9.80 Å². The van der Waals surface area contributed by atoms with Gasteiger partial charge in [-0.3, -0.25) is 47.9 Å². The summed E-state index contributed by atoms with van der Waals surface area (Å²) in [6.07, 6.45) is 3.05. The summed E-state index contributed by atoms with van der Waals surface area (Å²) >= 11 is 0. The topological polar surface area (TPSA) is 430 Å². The number of rotatable bonds is 22. The van der Waals surface area contributed by atoms with Crippen molar-refractivity contribution < 1.29 is 47.9 Å². The molecular weight excluding hydrogens is 1080 g/mol. The number of nitrogens with zero attached hydrogens (tertiary/aromatic N) is 2. The van der Waals surface area contributed by atoms with Crippen LogP contribution < -0.4 is 76.9 Å². The standard InChI is InChI=1S/C58H92N16O10/c59-27-7-19-39-49(75)67-41(21-9-29-61)53(79)71-45(35-37-15-3-1-4-16-37)57(83)73-33-13-25-47(73)55(81)69-43(23-11-31-63)51(77)66-40(20-8-28-60)50(76)68-42(22-10-30-62)54(80)72-46(36-38-17-5-2-6-18-38)58(84)74-34-14-26-48(74)56(82)70-44(24-12-32-64)52(78)65-39/h1-6,15-18,39-48H,7-14,19-36,59-64H2,(H,65,78)(H,66,77)(H,67,75)(H,68,76)(H,69,81)(H,70,82)(H,71,79)(H,72,80)/t39-,40-,41-,42-,43-,44-,45+,46+,47-,48-/m0/s1. The van der Waals surface area contributed by atoms with Gasteiger partial charge in [-0.15, -0.1) is 0 Å². The molecule has 3 fully saturated rings. The Kier molecular flexibility index (Phi) is 28.9. The quantitative estimate of drug-likeness (QED) is 0.0552. The Balaban J connectivity index is 1.59. The van der Waals surface area contributed by atoms with Crippen molar-refractivity contribution in [3.05, 3.63) is 71.8 Å². The average Bonchev–Trinajstić information content (AvgIpc) is 4.36. The van der Waals surface area contributed by atoms with Crippen LogP contribution in [0.1, 0.15) is 114 Å². The monoisotopic (exact) mass is 1170 g/mol. The van der Waals surface area contributed by atoms with Crippen molar-refractivity contribution in [3.63, 3.8) is 0 Å². The predicted molar refractivity (Wildman–Crippen MR) is 315 cm³/mol. The average molecular weight is 1170 g/mol. The van der Waals surface area contributed by atoms with Crippen molar-refractivity contribution >= 4 is 59.1 Å². The summed E-state index contributed by atoms with van der Waals surface area (Å²) in [6, 6.07) is 5.51. The van der Waals surface area contributed by atoms with Gasteiger partial charge in [-0.05, 0) is 153 Å². The van der Waals surface area contributed by atoms with Crippen LogP contribution in [0.25, 0.3) is 0 Å². The molecular formula is C58H92N16O10. The van der Waals surface area contributed by atoms with Crippen molar-refractivity contribution in [1.82, 2.24) is 52.3 Å². The smallest absolute Gasteiger partial charge is 0.246 e. The van der Waals surface area contributed by atoms with Crippen molar-refractivity contribution in [2.45, 2.75) is 176 Å². The number of carbonyl (C=O) groups is 10. The first-order chi connectivity index (χ1) is 40.6. The molecule has 3 saturated heterocycles. The van der Waals surface area contributed by atoms with Crippen LogP contribution in [0.5, 0.6) is 0 Å². The van der Waals surface area contributed by atoms with Gasteiger partial charge in [0.15, 0.2) is 0 Å². The minimum atomic E-state index is -1.27. The highest BCUT2D eigenvalue weighted by Crippen LogP contribution is 2.23. The number of amides is 10. The maximum Gasteiger partial charge on any atom is 0.246 e. The van der Waals surface area contributed by atoms with Crippen LogP contribution in [-0.2, 0) is 60.8 Å². The minimum Gasteiger partial charge on any atom is -0.343 e. The first-order valence-corrected chi connectivity index (χ1v) is 29.9. The summed E-state index contributed by atoms with van der Waals surface area (Å²) in [4.78, 5) is 148. The van der Waals surface area contributed by atoms with Crippen LogP contribution >= 0.6 is 0 Å². The Bertz CT molecular complexity index is 2310. The van der Waals surface area contributed by atoms with Gasteiger partial charge in [0, 0.05) is 25.9 Å². The molecule has 0 aromatic heterocycles. The first kappa shape index (κ1) is 67.7. The van der Waals surface area contributed by atoms with E-state index >= 15 is 0 Å². The van der Waals surface area contributed by atoms with Crippen LogP contribution in [0.4, 0.5) is 0 Å². The molecule has 3 heterocycles. The van der Waals surface area contributed by atoms with Gasteiger partial charge in [0.05, 0.1) is 0 Å². The zero-order chi connectivity index (χ0) is 61.0. The zero-order valence-electron chi connectivity index (χ0n) is 48.4. The summed E-state index contributed by atoms with van der Waals surface area (Å²) < 4.78 is 0. The second-order valence-corrected chi connectivity index (χ2v) is 21.8. The molecule has 10 amide bonds. The van der Waals surface area contributed by atoms with E-state index in [2.05, 4.69) is 42.5 Å². The molecule has 26 nitrogen and oxygen atoms in total. The van der Waals surface area contributed by atoms with E-state index in [4.69, 9.17) is 34.4 Å². The van der Waals surface area contributed by atoms with Gasteiger partial charge in [0.1, 0.15) is 60.4 Å². The molecule has 0 bridgehead atoms. The Morgan fingerprint density at radius 2 is 0.548 bits per heavy atom. The predicted octanol–water partition coefficient (Wildman–Crippen LogP) is -3.22. The van der Waals surface area contributed by atoms with Gasteiger partial charge in [-0.1, -0.05) is 60.7 Å². The summed E-state index contributed by atoms with van der Waals surface area (Å²) in [5.74, 6) is -6.95. The molecule has 0 radical (unpaired) electrons. The number of nitrogens with one attached hydrogen (secondary N) is 8. The maximum absolute atomic E-state index is 14.9. The zero-order valence-corrected chi connectivity index (χ0v) is 48.4. The molecule has 10 atom stereocenters. The highest BCUT2D eigenvalue weighted by molar-refractivity contribution is 6.00. The third-order valence-electron chi connectivity index (χ3n) is 15.5. The first-order valence-electron chi connectivity index (χ1n) is 29.9. The largest absolute Gasteiger partial charge is 0.343 e. The molecule has 0 aliphatic carbocycles. The van der Waals surface area contributed by atoms with Gasteiger partial charge in [-0.25, -0.2) is 0 Å². The van der Waals surface area contributed by atoms with Crippen molar-refractivity contribution in [3.8, 4) is 0 Å². The maximum atomic E-state index is 14.9. The second kappa shape index (κ2) is 35.9. The molecule has 0 unspecified atom stereocenters. The Morgan fingerprint density at radius 3 is 0.786 bits per heavy atom. The molecule has 0 saturated carbocycles. The van der Waals surface area contributed by atoms with Crippen molar-refractivity contribution in [2.75, 3.05) is 52.4 Å². The van der Waals surface area contributed by atoms with Crippen LogP contribution in [0.3, 0.4) is 0 Å². The minimum absolute atomic E-state index is 0.0114. The highest BCUT2D eigenvalue weighted by Gasteiger charge is 2.43. The van der Waals surface area contributed by atoms with Gasteiger partial charge in [0.2, 0.25) is 59.1 Å². The lowest BCUT2D eigenvalue weighted by Gasteiger charge is -2.32. The van der Waals surface area contributed by atoms with Crippen LogP contribution in [-0.4, -0.2) is 182 Å². The lowest BCUT2D eigenvalue weighted by molar-refractivity contribution is -0.143. The number of nitrogens with two attached hydrogens (primary N) is 6. The molecule has 3 aliphatic rings. The number of hydrogen-bond acceptors (Lipinski definition) is 16. The summed E-state index contributed by atoms with van der Waals surface area (Å²) in [7, 11) is 0. The molecule has 2 aromatic rings. The van der Waals surface area contributed by atoms with Crippen molar-refractivity contribution in [2.24, 2.45) is 34.4 Å². The fourth-order valence-electron chi connectivity index (χ4n) is 10.8. The lowest BCUT2D eigenvalue weighted by atomic mass is 10.0. The third-order valence-corrected chi connectivity index (χ3v) is 15.5. The molecule has 3 aliphatic heterocycles. The molecule has 464 valence electrons. The molecule has 20 N–H and O–H groups in total. The summed E-state index contributed by atoms with van der Waals surface area (Å²) in [5, 5.41) is 22.4. The van der Waals surface area contributed by atoms with E-state index in [1.54, 1.807) is 60.7 Å². The Morgan fingerprint density at radius 1 is 0.321 bits per heavy atom. The molecule has 0 spiro atoms. The van der Waals surface area contributed by atoms with E-state index in [0.717, 1.165) is 0 Å². The normalized spacial score (nSPS) is 25.9. The van der Waals surface area contributed by atoms with Crippen LogP contribution in [0.15, 0.2) is 60.7 Å². The number of benzene rings is 2. The fourth-order valence-corrected chi connectivity index (χ4v) is 10.8. The lowest BCUT2D eigenvalue weighted by Crippen LogP contribution is -2.61. The second-order valence-electron chi connectivity index (χ2n) is 21.8. The van der Waals surface area contributed by atoms with Crippen LogP contribution in [0, 0.1) is 0 Å². The van der Waals surface area contributed by atoms with E-state index in [-0.39, 0.29) is 155 Å². The number of carbonyl (C=O) groups excluding carboxylic acids is 10. The van der Waals surface area contributed by atoms with Gasteiger partial charge >= 0.3 is 0 Å². The molecule has 5 rings (SSSR count). The molecule has 2 aromatic carbocycles. The van der Waals surface area contributed by atoms with E-state index < -0.39 is 119 Å². The van der Waals surface area contributed by atoms with Gasteiger partial charge in [-0.2, -0.15) is 0 Å². The van der Waals surface area contributed by atoms with E-state index in [9.17, 15) is 47.9 Å².